The molecule has 0 fully saturated rings. The second-order valence-corrected chi connectivity index (χ2v) is 3.50. The summed E-state index contributed by atoms with van der Waals surface area (Å²) < 4.78 is 0. The van der Waals surface area contributed by atoms with Crippen LogP contribution in [-0.2, 0) is 6.42 Å². The third-order valence-corrected chi connectivity index (χ3v) is 2.40. The molecule has 96 valence electrons. The third-order valence-electron chi connectivity index (χ3n) is 2.40. The molecule has 0 aliphatic carbocycles. The van der Waals surface area contributed by atoms with Crippen LogP contribution in [0.3, 0.4) is 0 Å². The molecule has 7 heteroatoms. The second kappa shape index (κ2) is 5.80. The maximum atomic E-state index is 11.8. The Morgan fingerprint density at radius 2 is 1.72 bits per heavy atom. The number of allylic oxidation sites excluding steroid dienone is 1. The number of hydrazine groups is 2. The van der Waals surface area contributed by atoms with E-state index >= 15 is 0 Å². The SMILES string of the molecule is C=CCc1ccc(N)c(C(=O)NN)c1C(=O)NN. The predicted molar refractivity (Wildman–Crippen MR) is 68.1 cm³/mol. The molecule has 0 saturated carbocycles. The molecule has 0 heterocycles. The lowest BCUT2D eigenvalue weighted by Crippen LogP contribution is -2.36. The number of hydrogen-bond acceptors (Lipinski definition) is 5. The first kappa shape index (κ1) is 13.7. The zero-order valence-corrected chi connectivity index (χ0v) is 9.69. The monoisotopic (exact) mass is 249 g/mol. The van der Waals surface area contributed by atoms with Gasteiger partial charge in [-0.25, -0.2) is 11.7 Å². The smallest absolute Gasteiger partial charge is 0.268 e. The van der Waals surface area contributed by atoms with Crippen LogP contribution in [0.5, 0.6) is 0 Å². The van der Waals surface area contributed by atoms with Gasteiger partial charge < -0.3 is 5.73 Å². The minimum atomic E-state index is -0.656. The highest BCUT2D eigenvalue weighted by Gasteiger charge is 2.22. The molecule has 0 bridgehead atoms. The summed E-state index contributed by atoms with van der Waals surface area (Å²) in [5, 5.41) is 0. The van der Waals surface area contributed by atoms with Crippen LogP contribution in [0.1, 0.15) is 26.3 Å². The van der Waals surface area contributed by atoms with Gasteiger partial charge in [-0.05, 0) is 18.1 Å². The van der Waals surface area contributed by atoms with E-state index in [4.69, 9.17) is 17.4 Å². The van der Waals surface area contributed by atoms with Crippen LogP contribution < -0.4 is 28.3 Å². The van der Waals surface area contributed by atoms with Gasteiger partial charge in [-0.1, -0.05) is 12.1 Å². The van der Waals surface area contributed by atoms with E-state index in [-0.39, 0.29) is 16.8 Å². The molecule has 0 aliphatic rings. The van der Waals surface area contributed by atoms with Gasteiger partial charge in [0.2, 0.25) is 0 Å². The Morgan fingerprint density at radius 3 is 2.22 bits per heavy atom. The van der Waals surface area contributed by atoms with Gasteiger partial charge in [-0.15, -0.1) is 6.58 Å². The maximum Gasteiger partial charge on any atom is 0.268 e. The highest BCUT2D eigenvalue weighted by Crippen LogP contribution is 2.22. The van der Waals surface area contributed by atoms with Crippen molar-refractivity contribution in [3.63, 3.8) is 0 Å². The molecule has 1 rings (SSSR count). The van der Waals surface area contributed by atoms with Crippen LogP contribution in [0.2, 0.25) is 0 Å². The fraction of sp³-hybridized carbons (Fsp3) is 0.0909. The number of carbonyl (C=O) groups is 2. The molecule has 18 heavy (non-hydrogen) atoms. The molecule has 2 amide bonds. The van der Waals surface area contributed by atoms with E-state index in [1.165, 1.54) is 6.07 Å². The van der Waals surface area contributed by atoms with E-state index in [0.717, 1.165) is 0 Å². The summed E-state index contributed by atoms with van der Waals surface area (Å²) >= 11 is 0. The first-order valence-corrected chi connectivity index (χ1v) is 5.11. The first-order chi connectivity index (χ1) is 8.56. The summed E-state index contributed by atoms with van der Waals surface area (Å²) in [5.74, 6) is 8.90. The van der Waals surface area contributed by atoms with Crippen molar-refractivity contribution in [3.8, 4) is 0 Å². The van der Waals surface area contributed by atoms with E-state index in [2.05, 4.69) is 6.58 Å². The molecular formula is C11H15N5O2. The molecule has 0 aliphatic heterocycles. The fourth-order valence-corrected chi connectivity index (χ4v) is 1.64. The Hall–Kier alpha value is -2.38. The number of carbonyl (C=O) groups excluding carboxylic acids is 2. The summed E-state index contributed by atoms with van der Waals surface area (Å²) in [6.45, 7) is 3.58. The lowest BCUT2D eigenvalue weighted by molar-refractivity contribution is 0.0919. The number of nitrogens with two attached hydrogens (primary N) is 3. The lowest BCUT2D eigenvalue weighted by Gasteiger charge is -2.13. The molecule has 0 saturated heterocycles. The van der Waals surface area contributed by atoms with Crippen molar-refractivity contribution in [3.05, 3.63) is 41.5 Å². The van der Waals surface area contributed by atoms with Crippen molar-refractivity contribution in [2.75, 3.05) is 5.73 Å². The Balaban J connectivity index is 3.54. The summed E-state index contributed by atoms with van der Waals surface area (Å²) in [6, 6.07) is 3.16. The van der Waals surface area contributed by atoms with Gasteiger partial charge >= 0.3 is 0 Å². The van der Waals surface area contributed by atoms with Crippen LogP contribution in [0.15, 0.2) is 24.8 Å². The Labute approximate surface area is 104 Å². The molecule has 0 radical (unpaired) electrons. The number of rotatable bonds is 4. The highest BCUT2D eigenvalue weighted by atomic mass is 16.2. The minimum Gasteiger partial charge on any atom is -0.398 e. The molecule has 8 N–H and O–H groups in total. The van der Waals surface area contributed by atoms with Gasteiger partial charge in [0.1, 0.15) is 0 Å². The van der Waals surface area contributed by atoms with Crippen LogP contribution in [0.4, 0.5) is 5.69 Å². The summed E-state index contributed by atoms with van der Waals surface area (Å²) in [7, 11) is 0. The van der Waals surface area contributed by atoms with Crippen LogP contribution >= 0.6 is 0 Å². The summed E-state index contributed by atoms with van der Waals surface area (Å²) in [5.41, 5.74) is 10.4. The molecule has 1 aromatic carbocycles. The predicted octanol–water partition coefficient (Wildman–Crippen LogP) is -0.796. The van der Waals surface area contributed by atoms with Crippen molar-refractivity contribution >= 4 is 17.5 Å². The van der Waals surface area contributed by atoms with Crippen molar-refractivity contribution in [1.29, 1.82) is 0 Å². The topological polar surface area (TPSA) is 136 Å². The number of benzene rings is 1. The number of nitrogens with one attached hydrogen (secondary N) is 2. The Morgan fingerprint density at radius 1 is 1.17 bits per heavy atom. The quantitative estimate of drug-likeness (QED) is 0.156. The van der Waals surface area contributed by atoms with Gasteiger partial charge in [-0.2, -0.15) is 0 Å². The zero-order valence-electron chi connectivity index (χ0n) is 9.69. The standard InChI is InChI=1S/C11H15N5O2/c1-2-3-6-4-5-7(12)9(11(18)16-14)8(6)10(17)15-13/h2,4-5H,1,3,12-14H2,(H,15,17)(H,16,18). The summed E-state index contributed by atoms with van der Waals surface area (Å²) in [4.78, 5) is 23.4. The lowest BCUT2D eigenvalue weighted by atomic mass is 9.96. The molecule has 0 atom stereocenters. The van der Waals surface area contributed by atoms with Gasteiger partial charge in [0.05, 0.1) is 11.1 Å². The van der Waals surface area contributed by atoms with Gasteiger partial charge in [-0.3, -0.25) is 20.4 Å². The molecule has 1 aromatic rings. The van der Waals surface area contributed by atoms with Crippen LogP contribution in [-0.4, -0.2) is 11.8 Å². The minimum absolute atomic E-state index is 0.000185. The maximum absolute atomic E-state index is 11.8. The Bertz CT molecular complexity index is 498. The van der Waals surface area contributed by atoms with Gasteiger partial charge in [0.25, 0.3) is 11.8 Å². The van der Waals surface area contributed by atoms with Crippen molar-refractivity contribution < 1.29 is 9.59 Å². The average Bonchev–Trinajstić information content (AvgIpc) is 2.38. The number of anilines is 1. The van der Waals surface area contributed by atoms with Crippen molar-refractivity contribution in [1.82, 2.24) is 10.9 Å². The number of hydrogen-bond donors (Lipinski definition) is 5. The van der Waals surface area contributed by atoms with E-state index < -0.39 is 11.8 Å². The molecule has 7 nitrogen and oxygen atoms in total. The van der Waals surface area contributed by atoms with Gasteiger partial charge in [0, 0.05) is 5.69 Å². The van der Waals surface area contributed by atoms with Crippen LogP contribution in [0, 0.1) is 0 Å². The van der Waals surface area contributed by atoms with Crippen LogP contribution in [0.25, 0.3) is 0 Å². The van der Waals surface area contributed by atoms with Crippen molar-refractivity contribution in [2.24, 2.45) is 11.7 Å². The van der Waals surface area contributed by atoms with Crippen molar-refractivity contribution in [2.45, 2.75) is 6.42 Å². The molecule has 0 aromatic heterocycles. The van der Waals surface area contributed by atoms with E-state index in [1.807, 2.05) is 10.9 Å². The molecule has 0 unspecified atom stereocenters. The second-order valence-electron chi connectivity index (χ2n) is 3.50. The molecule has 0 spiro atoms. The Kier molecular flexibility index (Phi) is 4.41. The number of nitrogen functional groups attached to an aromatic ring is 3. The fourth-order valence-electron chi connectivity index (χ4n) is 1.64. The molecular weight excluding hydrogens is 234 g/mol. The van der Waals surface area contributed by atoms with E-state index in [9.17, 15) is 9.59 Å². The number of amides is 2. The van der Waals surface area contributed by atoms with E-state index in [0.29, 0.717) is 12.0 Å². The first-order valence-electron chi connectivity index (χ1n) is 5.11. The summed E-state index contributed by atoms with van der Waals surface area (Å²) in [6.07, 6.45) is 2.00. The highest BCUT2D eigenvalue weighted by molar-refractivity contribution is 6.11. The average molecular weight is 249 g/mol. The zero-order chi connectivity index (χ0) is 13.7. The largest absolute Gasteiger partial charge is 0.398 e. The third kappa shape index (κ3) is 2.47. The normalized spacial score (nSPS) is 9.67. The van der Waals surface area contributed by atoms with Gasteiger partial charge in [0.15, 0.2) is 0 Å². The van der Waals surface area contributed by atoms with E-state index in [1.54, 1.807) is 12.1 Å².